The van der Waals surface area contributed by atoms with E-state index in [1.807, 2.05) is 29.6 Å². The maximum atomic E-state index is 12.3. The van der Waals surface area contributed by atoms with Gasteiger partial charge in [0.05, 0.1) is 19.4 Å². The summed E-state index contributed by atoms with van der Waals surface area (Å²) in [6, 6.07) is 14.7. The summed E-state index contributed by atoms with van der Waals surface area (Å²) in [5, 5.41) is 5.31. The van der Waals surface area contributed by atoms with Gasteiger partial charge in [0.1, 0.15) is 11.5 Å². The number of aromatic nitrogens is 1. The van der Waals surface area contributed by atoms with Crippen LogP contribution in [0.15, 0.2) is 53.9 Å². The Labute approximate surface area is 156 Å². The van der Waals surface area contributed by atoms with Gasteiger partial charge in [-0.05, 0) is 55.0 Å². The molecule has 0 saturated heterocycles. The fourth-order valence-electron chi connectivity index (χ4n) is 2.32. The highest BCUT2D eigenvalue weighted by Crippen LogP contribution is 2.27. The van der Waals surface area contributed by atoms with Crippen LogP contribution in [0.4, 0.5) is 5.13 Å². The molecule has 2 aromatic carbocycles. The monoisotopic (exact) mass is 368 g/mol. The van der Waals surface area contributed by atoms with Gasteiger partial charge in [-0.1, -0.05) is 6.92 Å². The lowest BCUT2D eigenvalue weighted by Gasteiger charge is -2.05. The topological polar surface area (TPSA) is 60.5 Å². The molecule has 0 aliphatic heterocycles. The minimum absolute atomic E-state index is 0.197. The third-order valence-corrected chi connectivity index (χ3v) is 4.46. The summed E-state index contributed by atoms with van der Waals surface area (Å²) in [7, 11) is 1.59. The van der Waals surface area contributed by atoms with E-state index in [0.717, 1.165) is 23.4 Å². The van der Waals surface area contributed by atoms with E-state index in [4.69, 9.17) is 9.47 Å². The molecule has 3 aromatic rings. The number of thiazole rings is 1. The van der Waals surface area contributed by atoms with Crippen molar-refractivity contribution in [1.29, 1.82) is 0 Å². The second-order valence-corrected chi connectivity index (χ2v) is 6.45. The van der Waals surface area contributed by atoms with Gasteiger partial charge in [0, 0.05) is 16.5 Å². The van der Waals surface area contributed by atoms with Gasteiger partial charge < -0.3 is 9.47 Å². The molecule has 3 rings (SSSR count). The zero-order valence-electron chi connectivity index (χ0n) is 14.7. The molecular formula is C20H20N2O3S. The highest BCUT2D eigenvalue weighted by atomic mass is 32.1. The van der Waals surface area contributed by atoms with E-state index in [1.165, 1.54) is 11.3 Å². The van der Waals surface area contributed by atoms with Crippen molar-refractivity contribution in [2.24, 2.45) is 0 Å². The molecule has 26 heavy (non-hydrogen) atoms. The van der Waals surface area contributed by atoms with Crippen molar-refractivity contribution in [2.45, 2.75) is 13.3 Å². The molecule has 0 atom stereocenters. The number of anilines is 1. The third-order valence-electron chi connectivity index (χ3n) is 3.70. The Balaban J connectivity index is 1.66. The predicted octanol–water partition coefficient (Wildman–Crippen LogP) is 4.86. The number of ether oxygens (including phenoxy) is 2. The Hall–Kier alpha value is -2.86. The van der Waals surface area contributed by atoms with Crippen LogP contribution in [0.5, 0.6) is 11.5 Å². The minimum Gasteiger partial charge on any atom is -0.497 e. The highest BCUT2D eigenvalue weighted by Gasteiger charge is 2.10. The van der Waals surface area contributed by atoms with E-state index in [9.17, 15) is 4.79 Å². The number of carbonyl (C=O) groups excluding carboxylic acids is 1. The first-order valence-corrected chi connectivity index (χ1v) is 9.21. The van der Waals surface area contributed by atoms with Crippen molar-refractivity contribution in [3.8, 4) is 22.8 Å². The Morgan fingerprint density at radius 3 is 2.42 bits per heavy atom. The van der Waals surface area contributed by atoms with Gasteiger partial charge in [-0.2, -0.15) is 0 Å². The predicted molar refractivity (Wildman–Crippen MR) is 104 cm³/mol. The third kappa shape index (κ3) is 4.40. The maximum Gasteiger partial charge on any atom is 0.257 e. The lowest BCUT2D eigenvalue weighted by molar-refractivity contribution is 0.102. The molecule has 0 unspecified atom stereocenters. The maximum absolute atomic E-state index is 12.3. The van der Waals surface area contributed by atoms with Crippen molar-refractivity contribution in [3.63, 3.8) is 0 Å². The van der Waals surface area contributed by atoms with E-state index in [0.29, 0.717) is 23.1 Å². The number of hydrogen-bond donors (Lipinski definition) is 1. The van der Waals surface area contributed by atoms with Crippen molar-refractivity contribution >= 4 is 22.4 Å². The Bertz CT molecular complexity index is 858. The van der Waals surface area contributed by atoms with E-state index in [-0.39, 0.29) is 5.91 Å². The van der Waals surface area contributed by atoms with Crippen molar-refractivity contribution < 1.29 is 14.3 Å². The molecule has 0 aliphatic carbocycles. The number of nitrogens with one attached hydrogen (secondary N) is 1. The first kappa shape index (κ1) is 17.9. The van der Waals surface area contributed by atoms with E-state index in [2.05, 4.69) is 17.2 Å². The molecule has 0 bridgehead atoms. The average Bonchev–Trinajstić information content (AvgIpc) is 3.15. The number of methoxy groups -OCH3 is 1. The van der Waals surface area contributed by atoms with E-state index >= 15 is 0 Å². The summed E-state index contributed by atoms with van der Waals surface area (Å²) in [4.78, 5) is 16.8. The van der Waals surface area contributed by atoms with Gasteiger partial charge in [0.25, 0.3) is 5.91 Å². The molecule has 1 amide bonds. The van der Waals surface area contributed by atoms with Crippen LogP contribution in [0.25, 0.3) is 11.3 Å². The Morgan fingerprint density at radius 2 is 1.77 bits per heavy atom. The fourth-order valence-corrected chi connectivity index (χ4v) is 3.03. The van der Waals surface area contributed by atoms with Gasteiger partial charge in [-0.25, -0.2) is 4.98 Å². The van der Waals surface area contributed by atoms with Gasteiger partial charge in [0.15, 0.2) is 5.13 Å². The molecule has 1 aromatic heterocycles. The highest BCUT2D eigenvalue weighted by molar-refractivity contribution is 7.14. The number of amides is 1. The number of nitrogens with zero attached hydrogens (tertiary/aromatic N) is 1. The van der Waals surface area contributed by atoms with Gasteiger partial charge in [-0.15, -0.1) is 11.3 Å². The molecule has 0 fully saturated rings. The van der Waals surface area contributed by atoms with Crippen LogP contribution < -0.4 is 14.8 Å². The van der Waals surface area contributed by atoms with Gasteiger partial charge in [0.2, 0.25) is 0 Å². The van der Waals surface area contributed by atoms with Crippen molar-refractivity contribution in [1.82, 2.24) is 4.98 Å². The lowest BCUT2D eigenvalue weighted by Crippen LogP contribution is -2.11. The molecule has 0 saturated carbocycles. The summed E-state index contributed by atoms with van der Waals surface area (Å²) in [6.07, 6.45) is 0.977. The van der Waals surface area contributed by atoms with Crippen LogP contribution >= 0.6 is 11.3 Å². The number of benzene rings is 2. The second kappa shape index (κ2) is 8.49. The molecular weight excluding hydrogens is 348 g/mol. The van der Waals surface area contributed by atoms with Crippen LogP contribution in [0.3, 0.4) is 0 Å². The standard InChI is InChI=1S/C20H20N2O3S/c1-3-12-25-17-10-4-14(5-11-17)18-13-26-20(21-18)22-19(23)15-6-8-16(24-2)9-7-15/h4-11,13H,3,12H2,1-2H3,(H,21,22,23). The lowest BCUT2D eigenvalue weighted by atomic mass is 10.2. The number of carbonyl (C=O) groups is 1. The van der Waals surface area contributed by atoms with E-state index in [1.54, 1.807) is 31.4 Å². The molecule has 1 N–H and O–H groups in total. The Morgan fingerprint density at radius 1 is 1.08 bits per heavy atom. The normalized spacial score (nSPS) is 10.4. The van der Waals surface area contributed by atoms with E-state index < -0.39 is 0 Å². The van der Waals surface area contributed by atoms with Crippen LogP contribution in [0.1, 0.15) is 23.7 Å². The fraction of sp³-hybridized carbons (Fsp3) is 0.200. The average molecular weight is 368 g/mol. The summed E-state index contributed by atoms with van der Waals surface area (Å²) < 4.78 is 10.7. The van der Waals surface area contributed by atoms with Crippen molar-refractivity contribution in [3.05, 3.63) is 59.5 Å². The largest absolute Gasteiger partial charge is 0.497 e. The summed E-state index contributed by atoms with van der Waals surface area (Å²) >= 11 is 1.39. The summed E-state index contributed by atoms with van der Waals surface area (Å²) in [6.45, 7) is 2.78. The van der Waals surface area contributed by atoms with Gasteiger partial charge in [-0.3, -0.25) is 10.1 Å². The first-order valence-electron chi connectivity index (χ1n) is 8.33. The smallest absolute Gasteiger partial charge is 0.257 e. The van der Waals surface area contributed by atoms with Crippen LogP contribution in [0.2, 0.25) is 0 Å². The SMILES string of the molecule is CCCOc1ccc(-c2csc(NC(=O)c3ccc(OC)cc3)n2)cc1. The molecule has 0 aliphatic rings. The molecule has 6 heteroatoms. The van der Waals surface area contributed by atoms with Crippen LogP contribution in [-0.4, -0.2) is 24.6 Å². The zero-order valence-corrected chi connectivity index (χ0v) is 15.5. The molecule has 1 heterocycles. The first-order chi connectivity index (χ1) is 12.7. The number of rotatable bonds is 7. The number of hydrogen-bond acceptors (Lipinski definition) is 5. The summed E-state index contributed by atoms with van der Waals surface area (Å²) in [5.41, 5.74) is 2.36. The van der Waals surface area contributed by atoms with Crippen LogP contribution in [-0.2, 0) is 0 Å². The molecule has 5 nitrogen and oxygen atoms in total. The zero-order chi connectivity index (χ0) is 18.4. The molecule has 0 spiro atoms. The second-order valence-electron chi connectivity index (χ2n) is 5.59. The summed E-state index contributed by atoms with van der Waals surface area (Å²) in [5.74, 6) is 1.36. The Kier molecular flexibility index (Phi) is 5.86. The van der Waals surface area contributed by atoms with Crippen LogP contribution in [0, 0.1) is 0 Å². The van der Waals surface area contributed by atoms with Crippen molar-refractivity contribution in [2.75, 3.05) is 19.0 Å². The quantitative estimate of drug-likeness (QED) is 0.647. The molecule has 134 valence electrons. The minimum atomic E-state index is -0.197. The van der Waals surface area contributed by atoms with Gasteiger partial charge >= 0.3 is 0 Å². The molecule has 0 radical (unpaired) electrons.